The number of para-hydroxylation sites is 3. The molecule has 2 aromatic heterocycles. The molecule has 0 saturated carbocycles. The van der Waals surface area contributed by atoms with Crippen LogP contribution in [-0.2, 0) is 22.5 Å². The average Bonchev–Trinajstić information content (AvgIpc) is 3.25. The number of hydrogen-bond donors (Lipinski definition) is 0. The number of amides is 1. The highest BCUT2D eigenvalue weighted by Crippen LogP contribution is 2.32. The van der Waals surface area contributed by atoms with Crippen LogP contribution in [0.15, 0.2) is 71.4 Å². The van der Waals surface area contributed by atoms with E-state index in [-0.39, 0.29) is 12.3 Å². The Balaban J connectivity index is 1.42. The van der Waals surface area contributed by atoms with E-state index in [2.05, 4.69) is 10.1 Å². The molecule has 4 aromatic rings. The summed E-state index contributed by atoms with van der Waals surface area (Å²) in [6, 6.07) is 18.7. The topological polar surface area (TPSA) is 86.9 Å². The summed E-state index contributed by atoms with van der Waals surface area (Å²) in [6.45, 7) is 1.89. The number of pyridine rings is 1. The van der Waals surface area contributed by atoms with Crippen LogP contribution in [0.1, 0.15) is 11.3 Å². The van der Waals surface area contributed by atoms with Gasteiger partial charge in [-0.25, -0.2) is 4.98 Å². The summed E-state index contributed by atoms with van der Waals surface area (Å²) in [5, 5.41) is 4.95. The van der Waals surface area contributed by atoms with Crippen LogP contribution in [0.4, 0.5) is 0 Å². The summed E-state index contributed by atoms with van der Waals surface area (Å²) in [4.78, 5) is 19.4. The standard InChI is InChI=1S/C25H23N3O5/c29-24(16-20-19-7-1-2-8-21(19)33-27-20)28-12-13-30-14-15-31-22-9-3-4-10-23(22)32-25-18(17-28)6-5-11-26-25/h1-11H,12-17H2. The number of ether oxygens (including phenoxy) is 3. The van der Waals surface area contributed by atoms with Crippen molar-refractivity contribution in [1.82, 2.24) is 15.0 Å². The molecule has 8 nitrogen and oxygen atoms in total. The monoisotopic (exact) mass is 445 g/mol. The maximum atomic E-state index is 13.3. The molecule has 0 atom stereocenters. The molecule has 1 amide bonds. The summed E-state index contributed by atoms with van der Waals surface area (Å²) in [5.41, 5.74) is 2.06. The Morgan fingerprint density at radius 1 is 0.939 bits per heavy atom. The van der Waals surface area contributed by atoms with Crippen molar-refractivity contribution in [3.05, 3.63) is 78.1 Å². The average molecular weight is 445 g/mol. The molecule has 33 heavy (non-hydrogen) atoms. The number of nitrogens with zero attached hydrogens (tertiary/aromatic N) is 3. The largest absolute Gasteiger partial charge is 0.487 e. The van der Waals surface area contributed by atoms with Gasteiger partial charge in [-0.2, -0.15) is 0 Å². The van der Waals surface area contributed by atoms with Crippen LogP contribution in [0.2, 0.25) is 0 Å². The SMILES string of the molecule is O=C(Cc1noc2ccccc12)N1CCOCCOc2ccccc2Oc2ncccc2C1. The Hall–Kier alpha value is -3.91. The van der Waals surface area contributed by atoms with Gasteiger partial charge in [0.25, 0.3) is 0 Å². The molecule has 1 aliphatic rings. The van der Waals surface area contributed by atoms with E-state index in [0.717, 1.165) is 10.9 Å². The van der Waals surface area contributed by atoms with Crippen LogP contribution < -0.4 is 9.47 Å². The van der Waals surface area contributed by atoms with Crippen molar-refractivity contribution in [3.63, 3.8) is 0 Å². The van der Waals surface area contributed by atoms with Gasteiger partial charge in [-0.1, -0.05) is 35.5 Å². The Morgan fingerprint density at radius 3 is 2.73 bits per heavy atom. The molecular weight excluding hydrogens is 422 g/mol. The zero-order valence-electron chi connectivity index (χ0n) is 18.0. The molecule has 8 heteroatoms. The molecule has 5 rings (SSSR count). The summed E-state index contributed by atoms with van der Waals surface area (Å²) in [6.07, 6.45) is 1.79. The van der Waals surface area contributed by atoms with Crippen LogP contribution in [0.5, 0.6) is 17.4 Å². The van der Waals surface area contributed by atoms with Gasteiger partial charge in [0.05, 0.1) is 26.2 Å². The highest BCUT2D eigenvalue weighted by Gasteiger charge is 2.21. The fraction of sp³-hybridized carbons (Fsp3) is 0.240. The van der Waals surface area contributed by atoms with Gasteiger partial charge in [-0.05, 0) is 30.3 Å². The zero-order chi connectivity index (χ0) is 22.5. The van der Waals surface area contributed by atoms with Gasteiger partial charge in [0, 0.05) is 23.7 Å². The lowest BCUT2D eigenvalue weighted by Crippen LogP contribution is -2.35. The maximum Gasteiger partial charge on any atom is 0.229 e. The van der Waals surface area contributed by atoms with Gasteiger partial charge in [-0.3, -0.25) is 4.79 Å². The first-order valence-electron chi connectivity index (χ1n) is 10.8. The van der Waals surface area contributed by atoms with Gasteiger partial charge in [0.15, 0.2) is 17.1 Å². The highest BCUT2D eigenvalue weighted by molar-refractivity contribution is 5.86. The third-order valence-electron chi connectivity index (χ3n) is 5.38. The van der Waals surface area contributed by atoms with Crippen LogP contribution in [0.25, 0.3) is 11.0 Å². The van der Waals surface area contributed by atoms with Gasteiger partial charge in [-0.15, -0.1) is 0 Å². The van der Waals surface area contributed by atoms with E-state index < -0.39 is 0 Å². The number of aromatic nitrogens is 2. The lowest BCUT2D eigenvalue weighted by Gasteiger charge is -2.23. The fourth-order valence-corrected chi connectivity index (χ4v) is 3.70. The molecule has 0 aliphatic carbocycles. The third kappa shape index (κ3) is 4.80. The van der Waals surface area contributed by atoms with Crippen molar-refractivity contribution in [3.8, 4) is 17.4 Å². The van der Waals surface area contributed by atoms with E-state index in [0.29, 0.717) is 61.6 Å². The van der Waals surface area contributed by atoms with Gasteiger partial charge >= 0.3 is 0 Å². The van der Waals surface area contributed by atoms with Crippen LogP contribution >= 0.6 is 0 Å². The second kappa shape index (κ2) is 9.70. The Labute approximate surface area is 190 Å². The zero-order valence-corrected chi connectivity index (χ0v) is 18.0. The Morgan fingerprint density at radius 2 is 1.79 bits per heavy atom. The highest BCUT2D eigenvalue weighted by atomic mass is 16.5. The van der Waals surface area contributed by atoms with E-state index in [1.54, 1.807) is 11.1 Å². The lowest BCUT2D eigenvalue weighted by molar-refractivity contribution is -0.132. The van der Waals surface area contributed by atoms with Gasteiger partial charge in [0.2, 0.25) is 11.8 Å². The molecule has 0 unspecified atom stereocenters. The van der Waals surface area contributed by atoms with E-state index in [1.165, 1.54) is 0 Å². The van der Waals surface area contributed by atoms with Gasteiger partial charge in [0.1, 0.15) is 12.3 Å². The van der Waals surface area contributed by atoms with Crippen LogP contribution in [-0.4, -0.2) is 47.3 Å². The molecule has 0 bridgehead atoms. The molecule has 0 N–H and O–H groups in total. The molecular formula is C25H23N3O5. The number of benzene rings is 2. The minimum Gasteiger partial charge on any atom is -0.487 e. The van der Waals surface area contributed by atoms with Crippen molar-refractivity contribution in [2.75, 3.05) is 26.4 Å². The molecule has 0 saturated heterocycles. The first-order valence-corrected chi connectivity index (χ1v) is 10.8. The lowest BCUT2D eigenvalue weighted by atomic mass is 10.1. The Kier molecular flexibility index (Phi) is 6.16. The van der Waals surface area contributed by atoms with E-state index >= 15 is 0 Å². The molecule has 0 fully saturated rings. The number of carbonyl (C=O) groups excluding carboxylic acids is 1. The van der Waals surface area contributed by atoms with Crippen molar-refractivity contribution in [2.24, 2.45) is 0 Å². The normalized spacial score (nSPS) is 14.6. The predicted octanol–water partition coefficient (Wildman–Crippen LogP) is 4.00. The molecule has 0 radical (unpaired) electrons. The molecule has 2 aromatic carbocycles. The number of carbonyl (C=O) groups is 1. The minimum absolute atomic E-state index is 0.0843. The molecule has 3 heterocycles. The smallest absolute Gasteiger partial charge is 0.229 e. The summed E-state index contributed by atoms with van der Waals surface area (Å²) >= 11 is 0. The predicted molar refractivity (Wildman–Crippen MR) is 120 cm³/mol. The van der Waals surface area contributed by atoms with Crippen LogP contribution in [0, 0.1) is 0 Å². The van der Waals surface area contributed by atoms with E-state index in [4.69, 9.17) is 18.7 Å². The fourth-order valence-electron chi connectivity index (χ4n) is 3.70. The van der Waals surface area contributed by atoms with Crippen molar-refractivity contribution in [1.29, 1.82) is 0 Å². The molecule has 0 spiro atoms. The van der Waals surface area contributed by atoms with E-state index in [1.807, 2.05) is 60.7 Å². The van der Waals surface area contributed by atoms with Crippen LogP contribution in [0.3, 0.4) is 0 Å². The first-order chi connectivity index (χ1) is 16.3. The second-order valence-electron chi connectivity index (χ2n) is 7.59. The second-order valence-corrected chi connectivity index (χ2v) is 7.59. The quantitative estimate of drug-likeness (QED) is 0.461. The van der Waals surface area contributed by atoms with E-state index in [9.17, 15) is 4.79 Å². The van der Waals surface area contributed by atoms with Crippen molar-refractivity contribution in [2.45, 2.75) is 13.0 Å². The van der Waals surface area contributed by atoms with Gasteiger partial charge < -0.3 is 23.6 Å². The summed E-state index contributed by atoms with van der Waals surface area (Å²) in [5.74, 6) is 1.52. The van der Waals surface area contributed by atoms with Crippen molar-refractivity contribution < 1.29 is 23.5 Å². The first kappa shape index (κ1) is 21.0. The number of hydrogen-bond acceptors (Lipinski definition) is 7. The number of rotatable bonds is 2. The molecule has 1 aliphatic heterocycles. The minimum atomic E-state index is -0.0843. The Bertz CT molecular complexity index is 1260. The summed E-state index contributed by atoms with van der Waals surface area (Å²) < 4.78 is 23.0. The number of fused-ring (bicyclic) bond motifs is 3. The van der Waals surface area contributed by atoms with Crippen molar-refractivity contribution >= 4 is 16.9 Å². The third-order valence-corrected chi connectivity index (χ3v) is 5.38. The summed E-state index contributed by atoms with van der Waals surface area (Å²) in [7, 11) is 0. The maximum absolute atomic E-state index is 13.3. The molecule has 168 valence electrons.